The molecule has 6 heteroatoms. The second-order valence-electron chi connectivity index (χ2n) is 2.14. The van der Waals surface area contributed by atoms with E-state index >= 15 is 0 Å². The van der Waals surface area contributed by atoms with Gasteiger partial charge < -0.3 is 5.11 Å². The topological polar surface area (TPSA) is 56.9 Å². The van der Waals surface area contributed by atoms with Crippen molar-refractivity contribution in [2.75, 3.05) is 0 Å². The number of aromatic nitrogens is 1. The van der Waals surface area contributed by atoms with Crippen LogP contribution in [0.15, 0.2) is 6.07 Å². The fraction of sp³-hybridized carbons (Fsp3) is 0.143. The molecule has 13 heavy (non-hydrogen) atoms. The molecule has 0 unspecified atom stereocenters. The third kappa shape index (κ3) is 2.03. The molecule has 0 radical (unpaired) electrons. The first-order valence-electron chi connectivity index (χ1n) is 3.14. The molecule has 0 bridgehead atoms. The molecule has 1 heterocycles. The molecule has 0 atom stereocenters. The highest BCUT2D eigenvalue weighted by Crippen LogP contribution is 2.29. The van der Waals surface area contributed by atoms with Crippen molar-refractivity contribution in [2.24, 2.45) is 0 Å². The molecule has 1 rings (SSSR count). The fourth-order valence-electron chi connectivity index (χ4n) is 0.763. The summed E-state index contributed by atoms with van der Waals surface area (Å²) in [5, 5.41) is 17.6. The van der Waals surface area contributed by atoms with Crippen molar-refractivity contribution >= 4 is 22.6 Å². The van der Waals surface area contributed by atoms with Crippen LogP contribution in [0, 0.1) is 15.0 Å². The number of nitrogens with zero attached hydrogens (tertiary/aromatic N) is 2. The molecule has 1 aromatic rings. The Bertz CT molecular complexity index is 375. The molecular weight excluding hydrogens is 293 g/mol. The smallest absolute Gasteiger partial charge is 0.284 e. The first kappa shape index (κ1) is 10.1. The van der Waals surface area contributed by atoms with Gasteiger partial charge in [-0.15, -0.1) is 0 Å². The number of alkyl halides is 2. The van der Waals surface area contributed by atoms with E-state index in [1.165, 1.54) is 6.07 Å². The summed E-state index contributed by atoms with van der Waals surface area (Å²) in [7, 11) is 0. The van der Waals surface area contributed by atoms with Crippen LogP contribution in [-0.4, -0.2) is 10.1 Å². The Morgan fingerprint density at radius 1 is 1.62 bits per heavy atom. The van der Waals surface area contributed by atoms with E-state index in [4.69, 9.17) is 10.4 Å². The van der Waals surface area contributed by atoms with E-state index < -0.39 is 17.9 Å². The Morgan fingerprint density at radius 2 is 2.23 bits per heavy atom. The highest BCUT2D eigenvalue weighted by atomic mass is 127. The molecule has 3 nitrogen and oxygen atoms in total. The van der Waals surface area contributed by atoms with Crippen LogP contribution in [0.3, 0.4) is 0 Å². The maximum absolute atomic E-state index is 12.2. The SMILES string of the molecule is N#Cc1cc(I)nc(C(F)F)c1O. The zero-order valence-corrected chi connectivity index (χ0v) is 8.29. The van der Waals surface area contributed by atoms with Crippen molar-refractivity contribution in [3.8, 4) is 11.8 Å². The number of hydrogen-bond donors (Lipinski definition) is 1. The molecule has 0 saturated carbocycles. The molecule has 0 aromatic carbocycles. The van der Waals surface area contributed by atoms with Crippen LogP contribution in [0.2, 0.25) is 0 Å². The Hall–Kier alpha value is -0.970. The van der Waals surface area contributed by atoms with Crippen molar-refractivity contribution in [3.63, 3.8) is 0 Å². The molecule has 0 fully saturated rings. The summed E-state index contributed by atoms with van der Waals surface area (Å²) in [6, 6.07) is 2.84. The highest BCUT2D eigenvalue weighted by Gasteiger charge is 2.18. The van der Waals surface area contributed by atoms with Gasteiger partial charge in [0.2, 0.25) is 0 Å². The largest absolute Gasteiger partial charge is 0.505 e. The van der Waals surface area contributed by atoms with Crippen LogP contribution in [0.4, 0.5) is 8.78 Å². The van der Waals surface area contributed by atoms with Crippen molar-refractivity contribution in [1.82, 2.24) is 4.98 Å². The minimum Gasteiger partial charge on any atom is -0.505 e. The lowest BCUT2D eigenvalue weighted by atomic mass is 10.2. The highest BCUT2D eigenvalue weighted by molar-refractivity contribution is 14.1. The minimum absolute atomic E-state index is 0.185. The van der Waals surface area contributed by atoms with Gasteiger partial charge in [0, 0.05) is 0 Å². The monoisotopic (exact) mass is 296 g/mol. The molecule has 0 aliphatic heterocycles. The van der Waals surface area contributed by atoms with Gasteiger partial charge in [0.05, 0.1) is 5.56 Å². The van der Waals surface area contributed by atoms with E-state index in [1.807, 2.05) is 0 Å². The Labute approximate surface area is 86.2 Å². The quantitative estimate of drug-likeness (QED) is 0.638. The summed E-state index contributed by atoms with van der Waals surface area (Å²) in [4.78, 5) is 3.42. The number of nitriles is 1. The number of rotatable bonds is 1. The lowest BCUT2D eigenvalue weighted by Gasteiger charge is -2.03. The van der Waals surface area contributed by atoms with Crippen molar-refractivity contribution < 1.29 is 13.9 Å². The molecule has 68 valence electrons. The van der Waals surface area contributed by atoms with Gasteiger partial charge in [0.15, 0.2) is 11.4 Å². The summed E-state index contributed by atoms with van der Waals surface area (Å²) in [5.74, 6) is -0.738. The third-order valence-electron chi connectivity index (χ3n) is 1.32. The molecule has 0 aliphatic rings. The summed E-state index contributed by atoms with van der Waals surface area (Å²) in [5.41, 5.74) is -0.932. The number of pyridine rings is 1. The zero-order valence-electron chi connectivity index (χ0n) is 6.13. The fourth-order valence-corrected chi connectivity index (χ4v) is 1.33. The predicted molar refractivity (Wildman–Crippen MR) is 48.3 cm³/mol. The van der Waals surface area contributed by atoms with Crippen LogP contribution in [-0.2, 0) is 0 Å². The average molecular weight is 296 g/mol. The third-order valence-corrected chi connectivity index (χ3v) is 1.87. The van der Waals surface area contributed by atoms with Gasteiger partial charge in [-0.1, -0.05) is 0 Å². The minimum atomic E-state index is -2.87. The Balaban J connectivity index is 3.38. The van der Waals surface area contributed by atoms with E-state index in [-0.39, 0.29) is 9.26 Å². The Morgan fingerprint density at radius 3 is 2.69 bits per heavy atom. The van der Waals surface area contributed by atoms with Crippen LogP contribution in [0.1, 0.15) is 17.7 Å². The molecule has 1 aromatic heterocycles. The normalized spacial score (nSPS) is 10.1. The van der Waals surface area contributed by atoms with Crippen LogP contribution in [0.25, 0.3) is 0 Å². The number of aromatic hydroxyl groups is 1. The van der Waals surface area contributed by atoms with E-state index in [0.29, 0.717) is 0 Å². The molecule has 0 amide bonds. The molecular formula is C7H3F2IN2O. The van der Waals surface area contributed by atoms with Gasteiger partial charge in [0.25, 0.3) is 6.43 Å². The standard InChI is InChI=1S/C7H3F2IN2O/c8-7(9)5-6(13)3(2-11)1-4(10)12-5/h1,7,13H. The maximum atomic E-state index is 12.2. The van der Waals surface area contributed by atoms with Crippen LogP contribution < -0.4 is 0 Å². The van der Waals surface area contributed by atoms with E-state index in [0.717, 1.165) is 0 Å². The molecule has 0 spiro atoms. The summed E-state index contributed by atoms with van der Waals surface area (Å²) in [6.07, 6.45) is -2.87. The van der Waals surface area contributed by atoms with E-state index in [9.17, 15) is 8.78 Å². The van der Waals surface area contributed by atoms with Gasteiger partial charge in [-0.2, -0.15) is 5.26 Å². The lowest BCUT2D eigenvalue weighted by molar-refractivity contribution is 0.141. The predicted octanol–water partition coefficient (Wildman–Crippen LogP) is 2.20. The van der Waals surface area contributed by atoms with Crippen molar-refractivity contribution in [3.05, 3.63) is 21.0 Å². The van der Waals surface area contributed by atoms with Crippen molar-refractivity contribution in [2.45, 2.75) is 6.43 Å². The zero-order chi connectivity index (χ0) is 10.0. The summed E-state index contributed by atoms with van der Waals surface area (Å²) >= 11 is 1.70. The molecule has 1 N–H and O–H groups in total. The lowest BCUT2D eigenvalue weighted by Crippen LogP contribution is -1.95. The molecule has 0 aliphatic carbocycles. The van der Waals surface area contributed by atoms with Gasteiger partial charge in [0.1, 0.15) is 9.77 Å². The average Bonchev–Trinajstić information content (AvgIpc) is 2.08. The summed E-state index contributed by atoms with van der Waals surface area (Å²) in [6.45, 7) is 0. The maximum Gasteiger partial charge on any atom is 0.284 e. The van der Waals surface area contributed by atoms with Crippen molar-refractivity contribution in [1.29, 1.82) is 5.26 Å². The van der Waals surface area contributed by atoms with Gasteiger partial charge in [-0.25, -0.2) is 13.8 Å². The van der Waals surface area contributed by atoms with Gasteiger partial charge in [-0.05, 0) is 28.7 Å². The Kier molecular flexibility index (Phi) is 2.98. The molecule has 0 saturated heterocycles. The van der Waals surface area contributed by atoms with Gasteiger partial charge >= 0.3 is 0 Å². The first-order valence-corrected chi connectivity index (χ1v) is 4.21. The van der Waals surface area contributed by atoms with E-state index in [2.05, 4.69) is 4.98 Å². The van der Waals surface area contributed by atoms with Crippen LogP contribution in [0.5, 0.6) is 5.75 Å². The van der Waals surface area contributed by atoms with E-state index in [1.54, 1.807) is 28.7 Å². The van der Waals surface area contributed by atoms with Crippen LogP contribution >= 0.6 is 22.6 Å². The first-order chi connectivity index (χ1) is 6.06. The second-order valence-corrected chi connectivity index (χ2v) is 3.24. The summed E-state index contributed by atoms with van der Waals surface area (Å²) < 4.78 is 24.6. The second kappa shape index (κ2) is 3.83. The number of halogens is 3. The van der Waals surface area contributed by atoms with Gasteiger partial charge in [-0.3, -0.25) is 0 Å². The number of hydrogen-bond acceptors (Lipinski definition) is 3.